The fourth-order valence-electron chi connectivity index (χ4n) is 3.56. The van der Waals surface area contributed by atoms with Gasteiger partial charge < -0.3 is 24.2 Å². The van der Waals surface area contributed by atoms with Crippen LogP contribution >= 0.6 is 0 Å². The highest BCUT2D eigenvalue weighted by Crippen LogP contribution is 2.18. The molecule has 0 unspecified atom stereocenters. The number of carbonyl (C=O) groups is 1. The Morgan fingerprint density at radius 3 is 2.32 bits per heavy atom. The average Bonchev–Trinajstić information content (AvgIpc) is 3.18. The zero-order valence-electron chi connectivity index (χ0n) is 18.3. The first-order valence-corrected chi connectivity index (χ1v) is 10.7. The molecule has 0 aromatic heterocycles. The van der Waals surface area contributed by atoms with Gasteiger partial charge in [0, 0.05) is 26.1 Å². The van der Waals surface area contributed by atoms with Crippen LogP contribution in [0.15, 0.2) is 48.5 Å². The number of likely N-dealkylation sites (tertiary alicyclic amines) is 1. The number of amides is 1. The molecule has 1 amide bonds. The second-order valence-corrected chi connectivity index (χ2v) is 7.81. The number of hydrogen-bond donors (Lipinski definition) is 1. The van der Waals surface area contributed by atoms with Crippen LogP contribution < -0.4 is 14.2 Å². The number of aliphatic hydroxyl groups is 1. The van der Waals surface area contributed by atoms with E-state index in [4.69, 9.17) is 14.2 Å². The summed E-state index contributed by atoms with van der Waals surface area (Å²) in [6, 6.07) is 15.2. The topological polar surface area (TPSA) is 71.5 Å². The molecule has 0 aliphatic carbocycles. The smallest absolute Gasteiger partial charge is 0.222 e. The number of benzene rings is 2. The molecule has 0 radical (unpaired) electrons. The first-order valence-electron chi connectivity index (χ1n) is 10.7. The van der Waals surface area contributed by atoms with Crippen molar-refractivity contribution in [2.24, 2.45) is 0 Å². The lowest BCUT2D eigenvalue weighted by atomic mass is 10.2. The highest BCUT2D eigenvalue weighted by Gasteiger charge is 2.19. The zero-order valence-corrected chi connectivity index (χ0v) is 18.3. The number of ether oxygens (including phenoxy) is 3. The van der Waals surface area contributed by atoms with Gasteiger partial charge in [-0.3, -0.25) is 9.69 Å². The molecule has 0 saturated carbocycles. The van der Waals surface area contributed by atoms with Gasteiger partial charge in [-0.25, -0.2) is 0 Å². The maximum Gasteiger partial charge on any atom is 0.222 e. The lowest BCUT2D eigenvalue weighted by Gasteiger charge is -2.21. The minimum absolute atomic E-state index is 0.221. The highest BCUT2D eigenvalue weighted by atomic mass is 16.5. The Kier molecular flexibility index (Phi) is 8.55. The number of rotatable bonds is 12. The zero-order chi connectivity index (χ0) is 22.1. The molecule has 1 fully saturated rings. The number of aliphatic hydroxyl groups excluding tert-OH is 1. The molecule has 1 saturated heterocycles. The van der Waals surface area contributed by atoms with Crippen LogP contribution in [0.1, 0.15) is 18.4 Å². The van der Waals surface area contributed by atoms with Crippen molar-refractivity contribution in [3.63, 3.8) is 0 Å². The number of likely N-dealkylation sites (N-methyl/N-ethyl adjacent to an activating group) is 1. The molecule has 2 aromatic carbocycles. The Balaban J connectivity index is 1.35. The minimum atomic E-state index is -0.594. The lowest BCUT2D eigenvalue weighted by Crippen LogP contribution is -2.32. The van der Waals surface area contributed by atoms with Crippen LogP contribution in [-0.4, -0.2) is 73.9 Å². The van der Waals surface area contributed by atoms with E-state index in [2.05, 4.69) is 4.90 Å². The van der Waals surface area contributed by atoms with E-state index in [0.29, 0.717) is 38.4 Å². The summed E-state index contributed by atoms with van der Waals surface area (Å²) in [5, 5.41) is 10.3. The summed E-state index contributed by atoms with van der Waals surface area (Å²) in [5.74, 6) is 2.49. The minimum Gasteiger partial charge on any atom is -0.497 e. The van der Waals surface area contributed by atoms with Gasteiger partial charge in [-0.1, -0.05) is 12.1 Å². The highest BCUT2D eigenvalue weighted by molar-refractivity contribution is 5.78. The quantitative estimate of drug-likeness (QED) is 0.560. The molecule has 1 aliphatic heterocycles. The summed E-state index contributed by atoms with van der Waals surface area (Å²) in [7, 11) is 3.59. The lowest BCUT2D eigenvalue weighted by molar-refractivity contribution is -0.128. The summed E-state index contributed by atoms with van der Waals surface area (Å²) in [4.78, 5) is 15.5. The van der Waals surface area contributed by atoms with Crippen molar-refractivity contribution < 1.29 is 24.1 Å². The molecule has 0 bridgehead atoms. The number of methoxy groups -OCH3 is 1. The number of hydrogen-bond acceptors (Lipinski definition) is 6. The van der Waals surface area contributed by atoms with Crippen molar-refractivity contribution in [3.8, 4) is 17.2 Å². The molecule has 1 heterocycles. The van der Waals surface area contributed by atoms with Gasteiger partial charge in [-0.05, 0) is 55.4 Å². The first-order chi connectivity index (χ1) is 15.0. The summed E-state index contributed by atoms with van der Waals surface area (Å²) in [6.45, 7) is 3.42. The van der Waals surface area contributed by atoms with Crippen molar-refractivity contribution >= 4 is 5.91 Å². The fourth-order valence-corrected chi connectivity index (χ4v) is 3.56. The van der Waals surface area contributed by atoms with Crippen LogP contribution in [0.5, 0.6) is 17.2 Å². The molecule has 1 aliphatic rings. The summed E-state index contributed by atoms with van der Waals surface area (Å²) in [6.07, 6.45) is 1.01. The second kappa shape index (κ2) is 11.6. The Bertz CT molecular complexity index is 810. The van der Waals surface area contributed by atoms with Crippen molar-refractivity contribution in [1.82, 2.24) is 9.80 Å². The summed E-state index contributed by atoms with van der Waals surface area (Å²) >= 11 is 0. The third kappa shape index (κ3) is 7.45. The molecule has 3 rings (SSSR count). The normalized spacial score (nSPS) is 14.7. The van der Waals surface area contributed by atoms with Gasteiger partial charge in [0.1, 0.15) is 36.6 Å². The van der Waals surface area contributed by atoms with E-state index in [9.17, 15) is 9.90 Å². The van der Waals surface area contributed by atoms with Crippen molar-refractivity contribution in [3.05, 3.63) is 54.1 Å². The van der Waals surface area contributed by atoms with E-state index < -0.39 is 6.10 Å². The molecule has 1 atom stereocenters. The van der Waals surface area contributed by atoms with Crippen LogP contribution in [0.2, 0.25) is 0 Å². The second-order valence-electron chi connectivity index (χ2n) is 7.81. The molecule has 31 heavy (non-hydrogen) atoms. The Morgan fingerprint density at radius 1 is 1.03 bits per heavy atom. The van der Waals surface area contributed by atoms with E-state index >= 15 is 0 Å². The molecule has 168 valence electrons. The number of carbonyl (C=O) groups excluding carboxylic acids is 1. The van der Waals surface area contributed by atoms with E-state index in [1.807, 2.05) is 60.5 Å². The van der Waals surface area contributed by atoms with Gasteiger partial charge in [0.05, 0.1) is 13.7 Å². The summed E-state index contributed by atoms with van der Waals surface area (Å²) < 4.78 is 16.5. The van der Waals surface area contributed by atoms with E-state index in [1.54, 1.807) is 7.11 Å². The van der Waals surface area contributed by atoms with Crippen molar-refractivity contribution in [2.75, 3.05) is 47.0 Å². The Labute approximate surface area is 184 Å². The van der Waals surface area contributed by atoms with E-state index in [1.165, 1.54) is 0 Å². The van der Waals surface area contributed by atoms with Gasteiger partial charge >= 0.3 is 0 Å². The van der Waals surface area contributed by atoms with Gasteiger partial charge in [0.15, 0.2) is 0 Å². The van der Waals surface area contributed by atoms with Gasteiger partial charge in [0.2, 0.25) is 5.91 Å². The molecule has 0 spiro atoms. The van der Waals surface area contributed by atoms with Gasteiger partial charge in [-0.2, -0.15) is 0 Å². The molecule has 1 N–H and O–H groups in total. The average molecular weight is 429 g/mol. The van der Waals surface area contributed by atoms with E-state index in [-0.39, 0.29) is 12.5 Å². The van der Waals surface area contributed by atoms with Crippen molar-refractivity contribution in [2.45, 2.75) is 25.5 Å². The van der Waals surface area contributed by atoms with Crippen LogP contribution in [0, 0.1) is 0 Å². The Hall–Kier alpha value is -2.77. The monoisotopic (exact) mass is 428 g/mol. The third-order valence-electron chi connectivity index (χ3n) is 5.20. The Morgan fingerprint density at radius 2 is 1.68 bits per heavy atom. The van der Waals surface area contributed by atoms with Crippen LogP contribution in [-0.2, 0) is 11.3 Å². The SMILES string of the molecule is COc1ccc(OC[C@@H](O)CN(C)Cc2ccc(OCCN3CCCC3=O)cc2)cc1. The third-order valence-corrected chi connectivity index (χ3v) is 5.20. The predicted octanol–water partition coefficient (Wildman–Crippen LogP) is 2.57. The van der Waals surface area contributed by atoms with Crippen LogP contribution in [0.3, 0.4) is 0 Å². The molecule has 7 heteroatoms. The summed E-state index contributed by atoms with van der Waals surface area (Å²) in [5.41, 5.74) is 1.13. The molecule has 7 nitrogen and oxygen atoms in total. The standard InChI is InChI=1S/C24H32N2O5/c1-25(17-20(27)18-31-23-11-9-21(29-2)10-12-23)16-19-5-7-22(8-6-19)30-15-14-26-13-3-4-24(26)28/h5-12,20,27H,3-4,13-18H2,1-2H3/t20-/m0/s1. The van der Waals surface area contributed by atoms with Crippen LogP contribution in [0.4, 0.5) is 0 Å². The molecular weight excluding hydrogens is 396 g/mol. The fraction of sp³-hybridized carbons (Fsp3) is 0.458. The maximum atomic E-state index is 11.6. The largest absolute Gasteiger partial charge is 0.497 e. The number of nitrogens with zero attached hydrogens (tertiary/aromatic N) is 2. The maximum absolute atomic E-state index is 11.6. The first kappa shape index (κ1) is 22.9. The van der Waals surface area contributed by atoms with Crippen LogP contribution in [0.25, 0.3) is 0 Å². The van der Waals surface area contributed by atoms with E-state index in [0.717, 1.165) is 30.0 Å². The van der Waals surface area contributed by atoms with Gasteiger partial charge in [-0.15, -0.1) is 0 Å². The van der Waals surface area contributed by atoms with Gasteiger partial charge in [0.25, 0.3) is 0 Å². The molecule has 2 aromatic rings. The predicted molar refractivity (Wildman–Crippen MR) is 119 cm³/mol. The van der Waals surface area contributed by atoms with Crippen molar-refractivity contribution in [1.29, 1.82) is 0 Å². The molecular formula is C24H32N2O5.